The number of aliphatic imine (C=N–C) groups is 1. The van der Waals surface area contributed by atoms with Gasteiger partial charge >= 0.3 is 0 Å². The molecule has 0 saturated carbocycles. The lowest BCUT2D eigenvalue weighted by Crippen LogP contribution is -1.98. The molecule has 6 heteroatoms. The average Bonchev–Trinajstić information content (AvgIpc) is 2.36. The lowest BCUT2D eigenvalue weighted by atomic mass is 10.0. The summed E-state index contributed by atoms with van der Waals surface area (Å²) in [6.45, 7) is 5.00. The van der Waals surface area contributed by atoms with Crippen molar-refractivity contribution in [2.45, 2.75) is 20.8 Å². The van der Waals surface area contributed by atoms with E-state index >= 15 is 0 Å². The predicted molar refractivity (Wildman–Crippen MR) is 60.9 cm³/mol. The summed E-state index contributed by atoms with van der Waals surface area (Å²) in [6.07, 6.45) is 4.49. The second kappa shape index (κ2) is 5.49. The molecular formula is C12H9N3O3. The number of hydrogen-bond donors (Lipinski definition) is 0. The van der Waals surface area contributed by atoms with E-state index in [9.17, 15) is 4.79 Å². The van der Waals surface area contributed by atoms with Gasteiger partial charge in [-0.15, -0.1) is 10.5 Å². The van der Waals surface area contributed by atoms with E-state index in [2.05, 4.69) is 4.99 Å². The van der Waals surface area contributed by atoms with Gasteiger partial charge in [-0.1, -0.05) is 0 Å². The van der Waals surface area contributed by atoms with Gasteiger partial charge in [0.15, 0.2) is 11.5 Å². The Morgan fingerprint density at radius 2 is 1.44 bits per heavy atom. The standard InChI is InChI=1S/C12H9N3O3/c1-7-8(2)12(18-5-14)10(15-6-16)9(3)11(7)17-4-13/h1-3H3. The Morgan fingerprint density at radius 1 is 0.944 bits per heavy atom. The molecule has 0 aliphatic rings. The van der Waals surface area contributed by atoms with Crippen LogP contribution in [0.15, 0.2) is 4.99 Å². The van der Waals surface area contributed by atoms with Crippen molar-refractivity contribution in [2.75, 3.05) is 0 Å². The maximum absolute atomic E-state index is 10.4. The monoisotopic (exact) mass is 243 g/mol. The first-order valence-corrected chi connectivity index (χ1v) is 4.92. The first-order chi connectivity index (χ1) is 8.58. The summed E-state index contributed by atoms with van der Waals surface area (Å²) >= 11 is 0. The van der Waals surface area contributed by atoms with Crippen LogP contribution >= 0.6 is 0 Å². The molecule has 0 fully saturated rings. The minimum absolute atomic E-state index is 0.139. The van der Waals surface area contributed by atoms with Crippen molar-refractivity contribution in [2.24, 2.45) is 4.99 Å². The number of nitriles is 2. The Hall–Kier alpha value is -2.82. The van der Waals surface area contributed by atoms with Crippen LogP contribution in [0.3, 0.4) is 0 Å². The van der Waals surface area contributed by atoms with Gasteiger partial charge in [0.2, 0.25) is 6.08 Å². The summed E-state index contributed by atoms with van der Waals surface area (Å²) in [4.78, 5) is 13.9. The zero-order valence-corrected chi connectivity index (χ0v) is 10.1. The van der Waals surface area contributed by atoms with Crippen LogP contribution in [0.1, 0.15) is 16.7 Å². The summed E-state index contributed by atoms with van der Waals surface area (Å²) in [7, 11) is 0. The molecule has 0 amide bonds. The molecule has 0 heterocycles. The molecule has 1 aromatic rings. The maximum atomic E-state index is 10.4. The molecule has 0 atom stereocenters. The van der Waals surface area contributed by atoms with Gasteiger partial charge in [-0.25, -0.2) is 4.79 Å². The molecule has 0 aliphatic carbocycles. The molecule has 1 rings (SSSR count). The van der Waals surface area contributed by atoms with Crippen LogP contribution in [0.25, 0.3) is 0 Å². The Morgan fingerprint density at radius 3 is 1.94 bits per heavy atom. The summed E-state index contributed by atoms with van der Waals surface area (Å²) in [5, 5.41) is 17.2. The first-order valence-electron chi connectivity index (χ1n) is 4.92. The minimum atomic E-state index is 0.139. The van der Waals surface area contributed by atoms with Crippen LogP contribution in [0, 0.1) is 43.8 Å². The normalized spacial score (nSPS) is 8.72. The zero-order valence-electron chi connectivity index (χ0n) is 10.1. The molecule has 90 valence electrons. The molecule has 0 aliphatic heterocycles. The fourth-order valence-electron chi connectivity index (χ4n) is 1.63. The van der Waals surface area contributed by atoms with Crippen LogP contribution < -0.4 is 9.47 Å². The van der Waals surface area contributed by atoms with E-state index in [0.29, 0.717) is 22.4 Å². The predicted octanol–water partition coefficient (Wildman–Crippen LogP) is 2.30. The van der Waals surface area contributed by atoms with E-state index in [0.717, 1.165) is 0 Å². The van der Waals surface area contributed by atoms with Gasteiger partial charge in [-0.2, -0.15) is 4.99 Å². The highest BCUT2D eigenvalue weighted by atomic mass is 16.5. The van der Waals surface area contributed by atoms with Crippen LogP contribution in [-0.2, 0) is 4.79 Å². The van der Waals surface area contributed by atoms with E-state index < -0.39 is 0 Å². The SMILES string of the molecule is Cc1c(C)c(OC#N)c(N=C=O)c(C)c1OC#N. The second-order valence-electron chi connectivity index (χ2n) is 3.47. The summed E-state index contributed by atoms with van der Waals surface area (Å²) < 4.78 is 9.66. The molecular weight excluding hydrogens is 234 g/mol. The molecule has 18 heavy (non-hydrogen) atoms. The van der Waals surface area contributed by atoms with Crippen LogP contribution in [0.2, 0.25) is 0 Å². The quantitative estimate of drug-likeness (QED) is 0.461. The average molecular weight is 243 g/mol. The fraction of sp³-hybridized carbons (Fsp3) is 0.250. The highest BCUT2D eigenvalue weighted by Crippen LogP contribution is 2.43. The van der Waals surface area contributed by atoms with Crippen molar-refractivity contribution < 1.29 is 14.3 Å². The topological polar surface area (TPSA) is 95.5 Å². The van der Waals surface area contributed by atoms with Crippen molar-refractivity contribution in [3.05, 3.63) is 16.7 Å². The molecule has 0 radical (unpaired) electrons. The van der Waals surface area contributed by atoms with Gasteiger partial charge in [-0.3, -0.25) is 0 Å². The number of hydrogen-bond acceptors (Lipinski definition) is 6. The summed E-state index contributed by atoms with van der Waals surface area (Å²) in [6, 6.07) is 0. The Kier molecular flexibility index (Phi) is 4.04. The van der Waals surface area contributed by atoms with Crippen LogP contribution in [0.5, 0.6) is 11.5 Å². The van der Waals surface area contributed by atoms with Crippen molar-refractivity contribution in [1.29, 1.82) is 10.5 Å². The van der Waals surface area contributed by atoms with E-state index in [4.69, 9.17) is 20.0 Å². The number of ether oxygens (including phenoxy) is 2. The van der Waals surface area contributed by atoms with Gasteiger partial charge in [0, 0.05) is 11.1 Å². The maximum Gasteiger partial charge on any atom is 0.292 e. The van der Waals surface area contributed by atoms with E-state index in [1.807, 2.05) is 0 Å². The van der Waals surface area contributed by atoms with Crippen molar-refractivity contribution >= 4 is 11.8 Å². The highest BCUT2D eigenvalue weighted by molar-refractivity contribution is 5.71. The molecule has 6 nitrogen and oxygen atoms in total. The molecule has 0 bridgehead atoms. The number of nitrogens with zero attached hydrogens (tertiary/aromatic N) is 3. The molecule has 0 unspecified atom stereocenters. The van der Waals surface area contributed by atoms with Crippen LogP contribution in [-0.4, -0.2) is 6.08 Å². The van der Waals surface area contributed by atoms with Gasteiger partial charge < -0.3 is 9.47 Å². The summed E-state index contributed by atoms with van der Waals surface area (Å²) in [5.41, 5.74) is 1.79. The summed E-state index contributed by atoms with van der Waals surface area (Å²) in [5.74, 6) is 0.468. The molecule has 0 saturated heterocycles. The van der Waals surface area contributed by atoms with E-state index in [-0.39, 0.29) is 11.4 Å². The molecule has 0 spiro atoms. The van der Waals surface area contributed by atoms with Crippen molar-refractivity contribution in [1.82, 2.24) is 0 Å². The molecule has 0 aromatic heterocycles. The molecule has 0 N–H and O–H groups in total. The third kappa shape index (κ3) is 2.15. The van der Waals surface area contributed by atoms with Crippen LogP contribution in [0.4, 0.5) is 5.69 Å². The number of rotatable bonds is 3. The van der Waals surface area contributed by atoms with Crippen molar-refractivity contribution in [3.63, 3.8) is 0 Å². The highest BCUT2D eigenvalue weighted by Gasteiger charge is 2.20. The van der Waals surface area contributed by atoms with Crippen molar-refractivity contribution in [3.8, 4) is 24.0 Å². The Balaban J connectivity index is 3.71. The number of carbonyl (C=O) groups excluding carboxylic acids is 1. The third-order valence-corrected chi connectivity index (χ3v) is 2.61. The van der Waals surface area contributed by atoms with Gasteiger partial charge in [0.1, 0.15) is 5.69 Å². The largest absolute Gasteiger partial charge is 0.387 e. The first kappa shape index (κ1) is 13.2. The Bertz CT molecular complexity index is 617. The van der Waals surface area contributed by atoms with Gasteiger partial charge in [0.25, 0.3) is 12.5 Å². The lowest BCUT2D eigenvalue weighted by Gasteiger charge is -2.14. The third-order valence-electron chi connectivity index (χ3n) is 2.61. The van der Waals surface area contributed by atoms with E-state index in [1.54, 1.807) is 27.0 Å². The fourth-order valence-corrected chi connectivity index (χ4v) is 1.63. The number of isocyanates is 1. The zero-order chi connectivity index (χ0) is 13.7. The second-order valence-corrected chi connectivity index (χ2v) is 3.47. The molecule has 1 aromatic carbocycles. The minimum Gasteiger partial charge on any atom is -0.387 e. The number of benzene rings is 1. The van der Waals surface area contributed by atoms with E-state index in [1.165, 1.54) is 12.3 Å². The lowest BCUT2D eigenvalue weighted by molar-refractivity contribution is 0.484. The van der Waals surface area contributed by atoms with Gasteiger partial charge in [0.05, 0.1) is 0 Å². The smallest absolute Gasteiger partial charge is 0.292 e. The Labute approximate surface area is 104 Å². The van der Waals surface area contributed by atoms with Gasteiger partial charge in [-0.05, 0) is 26.3 Å².